The number of imidazole rings is 1. The van der Waals surface area contributed by atoms with Crippen molar-refractivity contribution in [1.29, 1.82) is 0 Å². The monoisotopic (exact) mass is 563 g/mol. The zero-order valence-corrected chi connectivity index (χ0v) is 22.4. The van der Waals surface area contributed by atoms with Gasteiger partial charge in [0.1, 0.15) is 35.1 Å². The van der Waals surface area contributed by atoms with Crippen molar-refractivity contribution in [2.45, 2.75) is 57.0 Å². The first-order chi connectivity index (χ1) is 18.5. The van der Waals surface area contributed by atoms with Gasteiger partial charge in [0.25, 0.3) is 0 Å². The van der Waals surface area contributed by atoms with Gasteiger partial charge in [0.15, 0.2) is 17.7 Å². The van der Waals surface area contributed by atoms with Gasteiger partial charge in [-0.1, -0.05) is 18.2 Å². The molecule has 6 N–H and O–H groups in total. The molecule has 2 fully saturated rings. The Bertz CT molecular complexity index is 1410. The average molecular weight is 564 g/mol. The molecule has 16 heteroatoms. The van der Waals surface area contributed by atoms with E-state index in [0.29, 0.717) is 11.2 Å². The number of ether oxygens (including phenoxy) is 3. The van der Waals surface area contributed by atoms with Crippen LogP contribution in [0.25, 0.3) is 11.2 Å². The van der Waals surface area contributed by atoms with Gasteiger partial charge in [-0.25, -0.2) is 9.55 Å². The smallest absolute Gasteiger partial charge is 0.459 e. The summed E-state index contributed by atoms with van der Waals surface area (Å²) in [4.78, 5) is 24.7. The van der Waals surface area contributed by atoms with E-state index in [9.17, 15) is 14.5 Å². The number of aromatic nitrogens is 4. The van der Waals surface area contributed by atoms with Crippen LogP contribution in [0.15, 0.2) is 36.7 Å². The molecular weight excluding hydrogens is 533 g/mol. The van der Waals surface area contributed by atoms with Gasteiger partial charge in [0, 0.05) is 0 Å². The Morgan fingerprint density at radius 3 is 2.74 bits per heavy atom. The largest absolute Gasteiger partial charge is 0.462 e. The molecule has 6 atom stereocenters. The lowest BCUT2D eigenvalue weighted by atomic mass is 10.0. The van der Waals surface area contributed by atoms with Gasteiger partial charge >= 0.3 is 13.7 Å². The third kappa shape index (κ3) is 5.29. The van der Waals surface area contributed by atoms with E-state index in [1.165, 1.54) is 17.8 Å². The molecule has 0 saturated carbocycles. The number of fused-ring (bicyclic) bond motifs is 3. The third-order valence-corrected chi connectivity index (χ3v) is 7.88. The van der Waals surface area contributed by atoms with Crippen molar-refractivity contribution in [1.82, 2.24) is 24.6 Å². The number of aliphatic hydroxyl groups is 1. The van der Waals surface area contributed by atoms with Crippen LogP contribution in [0.2, 0.25) is 0 Å². The van der Waals surface area contributed by atoms with E-state index >= 15 is 0 Å². The van der Waals surface area contributed by atoms with Crippen LogP contribution in [0.4, 0.5) is 11.8 Å². The van der Waals surface area contributed by atoms with Crippen molar-refractivity contribution >= 4 is 36.6 Å². The van der Waals surface area contributed by atoms with Gasteiger partial charge in [-0.05, 0) is 32.9 Å². The average Bonchev–Trinajstić information content (AvgIpc) is 3.52. The fraction of sp³-hybridized carbons (Fsp3) is 0.478. The Hall–Kier alpha value is -3.33. The molecule has 0 aliphatic carbocycles. The molecular formula is C23H30N7O8P. The predicted octanol–water partition coefficient (Wildman–Crippen LogP) is 1.15. The summed E-state index contributed by atoms with van der Waals surface area (Å²) in [6.45, 7) is 4.41. The minimum Gasteiger partial charge on any atom is -0.462 e. The predicted molar refractivity (Wildman–Crippen MR) is 137 cm³/mol. The summed E-state index contributed by atoms with van der Waals surface area (Å²) < 4.78 is 44.1. The van der Waals surface area contributed by atoms with Gasteiger partial charge < -0.3 is 35.3 Å². The van der Waals surface area contributed by atoms with Gasteiger partial charge in [0.2, 0.25) is 5.95 Å². The quantitative estimate of drug-likeness (QED) is 0.202. The normalized spacial score (nSPS) is 26.5. The first-order valence-corrected chi connectivity index (χ1v) is 13.7. The number of esters is 1. The summed E-state index contributed by atoms with van der Waals surface area (Å²) in [5.41, 5.74) is 10.8. The first kappa shape index (κ1) is 27.2. The molecule has 39 heavy (non-hydrogen) atoms. The number of carbonyl (C=O) groups is 1. The Morgan fingerprint density at radius 1 is 1.28 bits per heavy atom. The van der Waals surface area contributed by atoms with Crippen molar-refractivity contribution in [2.75, 3.05) is 24.7 Å². The SMILES string of the molecule is CC(C)OC(=O)C(C)NP(=O)(OCC12CO[C@@H]([C@H](n3cnc4c(N)nc(N)nc43)O1)[C@@H]2O)Oc1ccccc1. The molecule has 210 valence electrons. The molecule has 15 nitrogen and oxygen atoms in total. The molecule has 0 radical (unpaired) electrons. The number of nitrogens with zero attached hydrogens (tertiary/aromatic N) is 4. The van der Waals surface area contributed by atoms with Crippen LogP contribution in [0.5, 0.6) is 5.75 Å². The van der Waals surface area contributed by atoms with Crippen LogP contribution in [0, 0.1) is 0 Å². The van der Waals surface area contributed by atoms with Crippen LogP contribution in [-0.2, 0) is 28.1 Å². The lowest BCUT2D eigenvalue weighted by Gasteiger charge is -2.32. The number of nitrogen functional groups attached to an aromatic ring is 2. The zero-order valence-electron chi connectivity index (χ0n) is 21.5. The fourth-order valence-electron chi connectivity index (χ4n) is 4.41. The number of rotatable bonds is 10. The van der Waals surface area contributed by atoms with E-state index < -0.39 is 50.4 Å². The number of hydrogen-bond donors (Lipinski definition) is 4. The topological polar surface area (TPSA) is 208 Å². The molecule has 2 aliphatic heterocycles. The number of aliphatic hydroxyl groups excluding tert-OH is 1. The summed E-state index contributed by atoms with van der Waals surface area (Å²) in [5, 5.41) is 13.7. The van der Waals surface area contributed by atoms with Crippen molar-refractivity contribution in [3.8, 4) is 5.75 Å². The molecule has 2 aromatic heterocycles. The Morgan fingerprint density at radius 2 is 2.03 bits per heavy atom. The van der Waals surface area contributed by atoms with Gasteiger partial charge in [0.05, 0.1) is 25.6 Å². The van der Waals surface area contributed by atoms with Crippen molar-refractivity contribution in [3.05, 3.63) is 36.7 Å². The molecule has 3 unspecified atom stereocenters. The number of anilines is 2. The lowest BCUT2D eigenvalue weighted by Crippen LogP contribution is -2.46. The van der Waals surface area contributed by atoms with E-state index in [1.807, 2.05) is 0 Å². The minimum atomic E-state index is -4.21. The Labute approximate surface area is 223 Å². The molecule has 5 rings (SSSR count). The second-order valence-electron chi connectivity index (χ2n) is 9.60. The standard InChI is InChI=1S/C23H30N7O8P/c1-12(2)36-21(32)13(3)29-39(33,38-14-7-5-4-6-8-14)35-10-23-9-34-16(17(23)31)20(37-23)30-11-26-15-18(24)27-22(25)28-19(15)30/h4-8,11-13,16-17,20,31H,9-10H2,1-3H3,(H,29,33)(H4,24,25,27,28)/t13?,16-,17+,20-,23?,39?/m1/s1. The highest BCUT2D eigenvalue weighted by molar-refractivity contribution is 7.52. The number of hydrogen-bond acceptors (Lipinski definition) is 13. The molecule has 4 heterocycles. The van der Waals surface area contributed by atoms with Gasteiger partial charge in [-0.3, -0.25) is 13.9 Å². The number of para-hydroxylation sites is 1. The molecule has 2 bridgehead atoms. The molecule has 0 spiro atoms. The van der Waals surface area contributed by atoms with E-state index in [-0.39, 0.29) is 30.2 Å². The lowest BCUT2D eigenvalue weighted by molar-refractivity contribution is -0.183. The fourth-order valence-corrected chi connectivity index (χ4v) is 5.96. The molecule has 1 aromatic carbocycles. The maximum Gasteiger partial charge on any atom is 0.459 e. The van der Waals surface area contributed by atoms with Crippen LogP contribution < -0.4 is 21.1 Å². The van der Waals surface area contributed by atoms with Crippen LogP contribution in [0.1, 0.15) is 27.0 Å². The highest BCUT2D eigenvalue weighted by Crippen LogP contribution is 2.50. The molecule has 3 aromatic rings. The van der Waals surface area contributed by atoms with E-state index in [1.54, 1.807) is 44.2 Å². The number of nitrogens with one attached hydrogen (secondary N) is 1. The van der Waals surface area contributed by atoms with E-state index in [0.717, 1.165) is 0 Å². The molecule has 2 saturated heterocycles. The summed E-state index contributed by atoms with van der Waals surface area (Å²) >= 11 is 0. The highest BCUT2D eigenvalue weighted by Gasteiger charge is 2.63. The summed E-state index contributed by atoms with van der Waals surface area (Å²) in [6, 6.07) is 7.28. The zero-order chi connectivity index (χ0) is 27.9. The Kier molecular flexibility index (Phi) is 7.22. The van der Waals surface area contributed by atoms with E-state index in [4.69, 9.17) is 34.7 Å². The van der Waals surface area contributed by atoms with Gasteiger partial charge in [-0.15, -0.1) is 0 Å². The van der Waals surface area contributed by atoms with Gasteiger partial charge in [-0.2, -0.15) is 15.1 Å². The minimum absolute atomic E-state index is 0.0559. The second-order valence-corrected chi connectivity index (χ2v) is 11.3. The summed E-state index contributed by atoms with van der Waals surface area (Å²) in [5.74, 6) is -0.368. The number of benzene rings is 1. The maximum absolute atomic E-state index is 13.9. The van der Waals surface area contributed by atoms with Crippen LogP contribution in [0.3, 0.4) is 0 Å². The summed E-state index contributed by atoms with van der Waals surface area (Å²) in [7, 11) is -4.21. The Balaban J connectivity index is 1.37. The van der Waals surface area contributed by atoms with E-state index in [2.05, 4.69) is 20.0 Å². The van der Waals surface area contributed by atoms with Crippen LogP contribution in [-0.4, -0.2) is 73.8 Å². The van der Waals surface area contributed by atoms with Crippen LogP contribution >= 0.6 is 7.75 Å². The highest BCUT2D eigenvalue weighted by atomic mass is 31.2. The number of nitrogens with two attached hydrogens (primary N) is 2. The molecule has 0 amide bonds. The second kappa shape index (κ2) is 10.3. The third-order valence-electron chi connectivity index (χ3n) is 6.25. The molecule has 2 aliphatic rings. The van der Waals surface area contributed by atoms with Crippen molar-refractivity contribution in [3.63, 3.8) is 0 Å². The van der Waals surface area contributed by atoms with Crippen molar-refractivity contribution < 1.29 is 37.7 Å². The number of carbonyl (C=O) groups excluding carboxylic acids is 1. The summed E-state index contributed by atoms with van der Waals surface area (Å²) in [6.07, 6.45) is -1.83. The maximum atomic E-state index is 13.9. The first-order valence-electron chi connectivity index (χ1n) is 12.2. The van der Waals surface area contributed by atoms with Crippen molar-refractivity contribution in [2.24, 2.45) is 0 Å².